The number of hydrogen-bond donors (Lipinski definition) is 2. The quantitative estimate of drug-likeness (QED) is 0.831. The van der Waals surface area contributed by atoms with Gasteiger partial charge in [0.05, 0.1) is 5.56 Å². The molecule has 3 nitrogen and oxygen atoms in total. The number of nitrogens with one attached hydrogen (secondary N) is 1. The third kappa shape index (κ3) is 2.77. The van der Waals surface area contributed by atoms with Crippen LogP contribution in [0.4, 0.5) is 5.69 Å². The van der Waals surface area contributed by atoms with Crippen molar-refractivity contribution in [3.63, 3.8) is 0 Å². The Bertz CT molecular complexity index is 679. The van der Waals surface area contributed by atoms with Crippen LogP contribution >= 0.6 is 0 Å². The topological polar surface area (TPSA) is 55.1 Å². The number of aryl methyl sites for hydroxylation is 2. The largest absolute Gasteiger partial charge is 0.398 e. The molecule has 0 aromatic heterocycles. The van der Waals surface area contributed by atoms with Crippen LogP contribution in [0.5, 0.6) is 0 Å². The molecule has 0 heterocycles. The predicted molar refractivity (Wildman–Crippen MR) is 85.3 cm³/mol. The molecule has 3 heteroatoms. The van der Waals surface area contributed by atoms with Crippen LogP contribution < -0.4 is 11.1 Å². The number of amides is 1. The number of nitrogens with two attached hydrogens (primary N) is 1. The Hall–Kier alpha value is -2.29. The van der Waals surface area contributed by atoms with Crippen LogP contribution in [0.15, 0.2) is 42.5 Å². The molecular weight excluding hydrogens is 260 g/mol. The van der Waals surface area contributed by atoms with Crippen LogP contribution in [0, 0.1) is 6.92 Å². The average Bonchev–Trinajstić information content (AvgIpc) is 2.50. The summed E-state index contributed by atoms with van der Waals surface area (Å²) in [6, 6.07) is 14.2. The average molecular weight is 280 g/mol. The predicted octanol–water partition coefficient (Wildman–Crippen LogP) is 2.86. The Balaban J connectivity index is 1.73. The van der Waals surface area contributed by atoms with Gasteiger partial charge < -0.3 is 11.1 Å². The summed E-state index contributed by atoms with van der Waals surface area (Å²) in [6.45, 7) is 1.92. The zero-order chi connectivity index (χ0) is 14.8. The molecule has 1 amide bonds. The van der Waals surface area contributed by atoms with Crippen molar-refractivity contribution in [1.82, 2.24) is 5.32 Å². The standard InChI is InChI=1S/C18H20N2O/c1-12-5-4-8-16(17(12)19)18(21)20-15-10-9-13-6-2-3-7-14(13)11-15/h2-8,15H,9-11,19H2,1H3,(H,20,21). The molecule has 2 aromatic carbocycles. The second-order valence-corrected chi connectivity index (χ2v) is 5.72. The van der Waals surface area contributed by atoms with E-state index in [4.69, 9.17) is 5.73 Å². The molecule has 1 aliphatic carbocycles. The normalized spacial score (nSPS) is 17.1. The molecule has 0 saturated carbocycles. The Labute approximate surface area is 125 Å². The molecular formula is C18H20N2O. The van der Waals surface area contributed by atoms with Gasteiger partial charge in [-0.25, -0.2) is 0 Å². The van der Waals surface area contributed by atoms with E-state index < -0.39 is 0 Å². The first-order valence-electron chi connectivity index (χ1n) is 7.38. The highest BCUT2D eigenvalue weighted by Crippen LogP contribution is 2.22. The summed E-state index contributed by atoms with van der Waals surface area (Å²) < 4.78 is 0. The molecule has 21 heavy (non-hydrogen) atoms. The summed E-state index contributed by atoms with van der Waals surface area (Å²) >= 11 is 0. The molecule has 0 bridgehead atoms. The van der Waals surface area contributed by atoms with Crippen molar-refractivity contribution >= 4 is 11.6 Å². The molecule has 0 radical (unpaired) electrons. The van der Waals surface area contributed by atoms with Crippen molar-refractivity contribution in [1.29, 1.82) is 0 Å². The Morgan fingerprint density at radius 1 is 1.14 bits per heavy atom. The van der Waals surface area contributed by atoms with E-state index in [1.54, 1.807) is 6.07 Å². The fourth-order valence-electron chi connectivity index (χ4n) is 2.96. The van der Waals surface area contributed by atoms with Gasteiger partial charge in [-0.15, -0.1) is 0 Å². The van der Waals surface area contributed by atoms with E-state index in [1.165, 1.54) is 11.1 Å². The van der Waals surface area contributed by atoms with E-state index in [0.717, 1.165) is 24.8 Å². The van der Waals surface area contributed by atoms with Crippen LogP contribution in [-0.2, 0) is 12.8 Å². The second-order valence-electron chi connectivity index (χ2n) is 5.72. The lowest BCUT2D eigenvalue weighted by Gasteiger charge is -2.25. The number of rotatable bonds is 2. The van der Waals surface area contributed by atoms with Crippen molar-refractivity contribution in [3.8, 4) is 0 Å². The van der Waals surface area contributed by atoms with Gasteiger partial charge in [-0.2, -0.15) is 0 Å². The van der Waals surface area contributed by atoms with E-state index in [1.807, 2.05) is 19.1 Å². The van der Waals surface area contributed by atoms with Gasteiger partial charge in [0.1, 0.15) is 0 Å². The van der Waals surface area contributed by atoms with Gasteiger partial charge in [0, 0.05) is 11.7 Å². The van der Waals surface area contributed by atoms with Gasteiger partial charge >= 0.3 is 0 Å². The van der Waals surface area contributed by atoms with Crippen molar-refractivity contribution in [2.45, 2.75) is 32.2 Å². The number of fused-ring (bicyclic) bond motifs is 1. The third-order valence-corrected chi connectivity index (χ3v) is 4.25. The second kappa shape index (κ2) is 5.60. The number of para-hydroxylation sites is 1. The van der Waals surface area contributed by atoms with Crippen LogP contribution in [0.25, 0.3) is 0 Å². The number of carbonyl (C=O) groups excluding carboxylic acids is 1. The van der Waals surface area contributed by atoms with Crippen LogP contribution in [-0.4, -0.2) is 11.9 Å². The number of nitrogen functional groups attached to an aromatic ring is 1. The molecule has 0 aliphatic heterocycles. The minimum atomic E-state index is -0.0689. The highest BCUT2D eigenvalue weighted by atomic mass is 16.1. The van der Waals surface area contributed by atoms with Gasteiger partial charge in [-0.05, 0) is 48.9 Å². The maximum Gasteiger partial charge on any atom is 0.253 e. The first-order valence-corrected chi connectivity index (χ1v) is 7.38. The fraction of sp³-hybridized carbons (Fsp3) is 0.278. The van der Waals surface area contributed by atoms with Gasteiger partial charge in [-0.3, -0.25) is 4.79 Å². The van der Waals surface area contributed by atoms with E-state index in [2.05, 4.69) is 29.6 Å². The number of benzene rings is 2. The monoisotopic (exact) mass is 280 g/mol. The van der Waals surface area contributed by atoms with Gasteiger partial charge in [0.25, 0.3) is 5.91 Å². The maximum absolute atomic E-state index is 12.4. The lowest BCUT2D eigenvalue weighted by Crippen LogP contribution is -2.39. The Kier molecular flexibility index (Phi) is 3.65. The zero-order valence-corrected chi connectivity index (χ0v) is 12.2. The molecule has 0 saturated heterocycles. The van der Waals surface area contributed by atoms with Crippen molar-refractivity contribution in [2.24, 2.45) is 0 Å². The van der Waals surface area contributed by atoms with Crippen molar-refractivity contribution in [2.75, 3.05) is 5.73 Å². The molecule has 1 aliphatic rings. The SMILES string of the molecule is Cc1cccc(C(=O)NC2CCc3ccccc3C2)c1N. The highest BCUT2D eigenvalue weighted by Gasteiger charge is 2.21. The van der Waals surface area contributed by atoms with E-state index >= 15 is 0 Å². The van der Waals surface area contributed by atoms with Crippen LogP contribution in [0.3, 0.4) is 0 Å². The molecule has 3 rings (SSSR count). The minimum absolute atomic E-state index is 0.0689. The fourth-order valence-corrected chi connectivity index (χ4v) is 2.96. The summed E-state index contributed by atoms with van der Waals surface area (Å²) in [5.41, 5.74) is 10.8. The van der Waals surface area contributed by atoms with Crippen LogP contribution in [0.2, 0.25) is 0 Å². The zero-order valence-electron chi connectivity index (χ0n) is 12.2. The Morgan fingerprint density at radius 3 is 2.71 bits per heavy atom. The van der Waals surface area contributed by atoms with Crippen molar-refractivity contribution in [3.05, 3.63) is 64.7 Å². The summed E-state index contributed by atoms with van der Waals surface area (Å²) in [6.07, 6.45) is 2.90. The lowest BCUT2D eigenvalue weighted by molar-refractivity contribution is 0.0934. The van der Waals surface area contributed by atoms with Crippen molar-refractivity contribution < 1.29 is 4.79 Å². The molecule has 1 atom stereocenters. The summed E-state index contributed by atoms with van der Waals surface area (Å²) in [5.74, 6) is -0.0689. The molecule has 0 spiro atoms. The van der Waals surface area contributed by atoms with Gasteiger partial charge in [-0.1, -0.05) is 36.4 Å². The van der Waals surface area contributed by atoms with Gasteiger partial charge in [0.2, 0.25) is 0 Å². The number of hydrogen-bond acceptors (Lipinski definition) is 2. The van der Waals surface area contributed by atoms with E-state index in [-0.39, 0.29) is 11.9 Å². The first kappa shape index (κ1) is 13.7. The maximum atomic E-state index is 12.4. The first-order chi connectivity index (χ1) is 10.1. The lowest BCUT2D eigenvalue weighted by atomic mass is 9.88. The van der Waals surface area contributed by atoms with E-state index in [0.29, 0.717) is 11.3 Å². The molecule has 2 aromatic rings. The van der Waals surface area contributed by atoms with E-state index in [9.17, 15) is 4.79 Å². The summed E-state index contributed by atoms with van der Waals surface area (Å²) in [4.78, 5) is 12.4. The third-order valence-electron chi connectivity index (χ3n) is 4.25. The molecule has 3 N–H and O–H groups in total. The summed E-state index contributed by atoms with van der Waals surface area (Å²) in [5, 5.41) is 3.13. The Morgan fingerprint density at radius 2 is 1.90 bits per heavy atom. The van der Waals surface area contributed by atoms with Gasteiger partial charge in [0.15, 0.2) is 0 Å². The number of anilines is 1. The smallest absolute Gasteiger partial charge is 0.253 e. The molecule has 108 valence electrons. The minimum Gasteiger partial charge on any atom is -0.398 e. The molecule has 0 fully saturated rings. The highest BCUT2D eigenvalue weighted by molar-refractivity contribution is 5.99. The number of carbonyl (C=O) groups is 1. The van der Waals surface area contributed by atoms with Crippen LogP contribution in [0.1, 0.15) is 33.5 Å². The molecule has 1 unspecified atom stereocenters. The summed E-state index contributed by atoms with van der Waals surface area (Å²) in [7, 11) is 0.